The van der Waals surface area contributed by atoms with Crippen LogP contribution in [0.3, 0.4) is 0 Å². The first-order valence-electron chi connectivity index (χ1n) is 11.0. The molecule has 4 aliphatic rings. The van der Waals surface area contributed by atoms with Gasteiger partial charge in [-0.05, 0) is 62.5 Å². The van der Waals surface area contributed by atoms with Crippen LogP contribution in [0.25, 0.3) is 5.76 Å². The largest absolute Gasteiger partial charge is 0.492 e. The molecule has 3 saturated heterocycles. The molecule has 154 valence electrons. The Bertz CT molecular complexity index is 997. The van der Waals surface area contributed by atoms with E-state index in [9.17, 15) is 5.11 Å². The van der Waals surface area contributed by atoms with Crippen molar-refractivity contribution >= 4 is 5.76 Å². The summed E-state index contributed by atoms with van der Waals surface area (Å²) in [6.45, 7) is 3.57. The summed E-state index contributed by atoms with van der Waals surface area (Å²) in [6, 6.07) is 14.4. The molecule has 0 amide bonds. The van der Waals surface area contributed by atoms with Crippen molar-refractivity contribution in [2.24, 2.45) is 5.92 Å². The minimum absolute atomic E-state index is 0.278. The van der Waals surface area contributed by atoms with E-state index in [2.05, 4.69) is 34.9 Å². The number of fused-ring (bicyclic) bond motifs is 3. The number of piperidine rings is 3. The molecular weight excluding hydrogens is 372 g/mol. The maximum atomic E-state index is 11.2. The number of aromatic nitrogens is 1. The van der Waals surface area contributed by atoms with Crippen molar-refractivity contribution in [2.45, 2.75) is 37.7 Å². The van der Waals surface area contributed by atoms with Gasteiger partial charge in [0.2, 0.25) is 0 Å². The average Bonchev–Trinajstić information content (AvgIpc) is 2.80. The molecule has 1 N–H and O–H groups in total. The Labute approximate surface area is 178 Å². The Kier molecular flexibility index (Phi) is 5.33. The van der Waals surface area contributed by atoms with Gasteiger partial charge in [0, 0.05) is 24.4 Å². The maximum absolute atomic E-state index is 11.2. The molecule has 1 aromatic heterocycles. The number of allylic oxidation sites excluding steroid dienone is 1. The highest BCUT2D eigenvalue weighted by molar-refractivity contribution is 5.58. The van der Waals surface area contributed by atoms with E-state index in [1.165, 1.54) is 5.56 Å². The Morgan fingerprint density at radius 3 is 2.67 bits per heavy atom. The van der Waals surface area contributed by atoms with Gasteiger partial charge in [-0.3, -0.25) is 4.90 Å². The third-order valence-electron chi connectivity index (χ3n) is 6.52. The fourth-order valence-electron chi connectivity index (χ4n) is 4.77. The quantitative estimate of drug-likeness (QED) is 0.800. The summed E-state index contributed by atoms with van der Waals surface area (Å²) in [6.07, 6.45) is 6.98. The average molecular weight is 401 g/mol. The van der Waals surface area contributed by atoms with Gasteiger partial charge in [0.25, 0.3) is 0 Å². The lowest BCUT2D eigenvalue weighted by Gasteiger charge is -2.47. The van der Waals surface area contributed by atoms with Crippen LogP contribution in [0.2, 0.25) is 0 Å². The van der Waals surface area contributed by atoms with E-state index in [0.29, 0.717) is 13.0 Å². The first-order valence-corrected chi connectivity index (χ1v) is 11.0. The van der Waals surface area contributed by atoms with Gasteiger partial charge < -0.3 is 9.84 Å². The fourth-order valence-corrected chi connectivity index (χ4v) is 4.77. The molecule has 2 bridgehead atoms. The highest BCUT2D eigenvalue weighted by Crippen LogP contribution is 2.35. The standard InChI is InChI=1S/C26H28N2O2/c29-26(19-28-15-12-22(26)13-16-28)14-11-21-9-10-23(25-8-4-5-17-30-25)27-24(21)18-20-6-2-1-3-7-20/h1-3,6-10,22,29H,4-5,12-13,15-19H2. The molecule has 0 saturated carbocycles. The molecule has 5 heterocycles. The van der Waals surface area contributed by atoms with E-state index >= 15 is 0 Å². The van der Waals surface area contributed by atoms with Crippen molar-refractivity contribution in [2.75, 3.05) is 26.2 Å². The van der Waals surface area contributed by atoms with E-state index in [4.69, 9.17) is 9.72 Å². The summed E-state index contributed by atoms with van der Waals surface area (Å²) < 4.78 is 5.83. The van der Waals surface area contributed by atoms with Crippen LogP contribution in [0.5, 0.6) is 0 Å². The summed E-state index contributed by atoms with van der Waals surface area (Å²) in [7, 11) is 0. The lowest BCUT2D eigenvalue weighted by atomic mass is 9.75. The van der Waals surface area contributed by atoms with Crippen LogP contribution in [0, 0.1) is 17.8 Å². The van der Waals surface area contributed by atoms with Crippen LogP contribution in [-0.4, -0.2) is 46.8 Å². The normalized spacial score (nSPS) is 27.6. The first-order chi connectivity index (χ1) is 14.7. The van der Waals surface area contributed by atoms with Crippen molar-refractivity contribution in [1.29, 1.82) is 0 Å². The van der Waals surface area contributed by atoms with Gasteiger partial charge in [0.15, 0.2) is 0 Å². The van der Waals surface area contributed by atoms with Crippen molar-refractivity contribution in [3.63, 3.8) is 0 Å². The van der Waals surface area contributed by atoms with Gasteiger partial charge in [0.05, 0.1) is 12.3 Å². The smallest absolute Gasteiger partial charge is 0.141 e. The zero-order valence-corrected chi connectivity index (χ0v) is 17.3. The molecule has 30 heavy (non-hydrogen) atoms. The molecule has 0 aliphatic carbocycles. The minimum Gasteiger partial charge on any atom is -0.492 e. The van der Waals surface area contributed by atoms with Gasteiger partial charge in [-0.15, -0.1) is 0 Å². The summed E-state index contributed by atoms with van der Waals surface area (Å²) in [5.41, 5.74) is 2.99. The van der Waals surface area contributed by atoms with E-state index in [-0.39, 0.29) is 5.92 Å². The van der Waals surface area contributed by atoms with Crippen molar-refractivity contribution in [3.05, 3.63) is 71.1 Å². The Hall–Kier alpha value is -2.61. The number of hydrogen-bond acceptors (Lipinski definition) is 4. The number of pyridine rings is 1. The topological polar surface area (TPSA) is 45.6 Å². The SMILES string of the molecule is OC1(C#Cc2ccc(C3=CCCCO3)nc2Cc2ccccc2)CN2CCC1CC2. The molecule has 0 radical (unpaired) electrons. The van der Waals surface area contributed by atoms with Crippen molar-refractivity contribution in [3.8, 4) is 11.8 Å². The predicted molar refractivity (Wildman–Crippen MR) is 118 cm³/mol. The summed E-state index contributed by atoms with van der Waals surface area (Å²) >= 11 is 0. The van der Waals surface area contributed by atoms with E-state index in [1.54, 1.807) is 0 Å². The van der Waals surface area contributed by atoms with Gasteiger partial charge in [0.1, 0.15) is 17.1 Å². The molecular formula is C26H28N2O2. The molecule has 4 nitrogen and oxygen atoms in total. The van der Waals surface area contributed by atoms with Crippen LogP contribution in [0.15, 0.2) is 48.5 Å². The first kappa shape index (κ1) is 19.4. The molecule has 6 rings (SSSR count). The minimum atomic E-state index is -0.909. The molecule has 2 aromatic rings. The molecule has 4 heteroatoms. The van der Waals surface area contributed by atoms with Gasteiger partial charge in [-0.2, -0.15) is 0 Å². The van der Waals surface area contributed by atoms with Crippen LogP contribution in [0.1, 0.15) is 48.2 Å². The second kappa shape index (κ2) is 8.26. The monoisotopic (exact) mass is 400 g/mol. The molecule has 1 aromatic carbocycles. The van der Waals surface area contributed by atoms with Crippen molar-refractivity contribution < 1.29 is 9.84 Å². The second-order valence-corrected chi connectivity index (χ2v) is 8.64. The number of rotatable bonds is 3. The molecule has 3 fully saturated rings. The van der Waals surface area contributed by atoms with Gasteiger partial charge in [-0.1, -0.05) is 42.2 Å². The zero-order valence-electron chi connectivity index (χ0n) is 17.3. The summed E-state index contributed by atoms with van der Waals surface area (Å²) in [4.78, 5) is 7.27. The number of hydrogen-bond donors (Lipinski definition) is 1. The number of aliphatic hydroxyl groups is 1. The van der Waals surface area contributed by atoms with Crippen LogP contribution in [0.4, 0.5) is 0 Å². The highest BCUT2D eigenvalue weighted by Gasteiger charge is 2.44. The molecule has 0 spiro atoms. The van der Waals surface area contributed by atoms with E-state index < -0.39 is 5.60 Å². The lowest BCUT2D eigenvalue weighted by Crippen LogP contribution is -2.58. The molecule has 4 aliphatic heterocycles. The van der Waals surface area contributed by atoms with Crippen LogP contribution < -0.4 is 0 Å². The highest BCUT2D eigenvalue weighted by atomic mass is 16.5. The lowest BCUT2D eigenvalue weighted by molar-refractivity contribution is -0.0713. The van der Waals surface area contributed by atoms with Crippen LogP contribution in [-0.2, 0) is 11.2 Å². The van der Waals surface area contributed by atoms with Crippen LogP contribution >= 0.6 is 0 Å². The van der Waals surface area contributed by atoms with E-state index in [1.807, 2.05) is 30.3 Å². The van der Waals surface area contributed by atoms with Gasteiger partial charge >= 0.3 is 0 Å². The Balaban J connectivity index is 1.49. The second-order valence-electron chi connectivity index (χ2n) is 8.64. The third kappa shape index (κ3) is 4.01. The number of ether oxygens (including phenoxy) is 1. The molecule has 1 unspecified atom stereocenters. The number of nitrogens with zero attached hydrogens (tertiary/aromatic N) is 2. The fraction of sp³-hybridized carbons (Fsp3) is 0.423. The Morgan fingerprint density at radius 2 is 1.97 bits per heavy atom. The molecule has 1 atom stereocenters. The van der Waals surface area contributed by atoms with E-state index in [0.717, 1.165) is 68.1 Å². The maximum Gasteiger partial charge on any atom is 0.141 e. The number of benzene rings is 1. The zero-order chi connectivity index (χ0) is 20.4. The van der Waals surface area contributed by atoms with Crippen molar-refractivity contribution in [1.82, 2.24) is 9.88 Å². The Morgan fingerprint density at radius 1 is 1.13 bits per heavy atom. The summed E-state index contributed by atoms with van der Waals surface area (Å²) in [5.74, 6) is 7.70. The third-order valence-corrected chi connectivity index (χ3v) is 6.52. The van der Waals surface area contributed by atoms with Gasteiger partial charge in [-0.25, -0.2) is 4.98 Å². The predicted octanol–water partition coefficient (Wildman–Crippen LogP) is 3.63. The summed E-state index contributed by atoms with van der Waals surface area (Å²) in [5, 5.41) is 11.2.